The normalized spacial score (nSPS) is 38.0. The van der Waals surface area contributed by atoms with Gasteiger partial charge in [0.2, 0.25) is 6.29 Å². The number of hydrogen-bond donors (Lipinski definition) is 1. The molecule has 2 saturated heterocycles. The number of ether oxygens (including phenoxy) is 4. The Hall–Kier alpha value is -1.04. The average Bonchev–Trinajstić information content (AvgIpc) is 2.29. The van der Waals surface area contributed by atoms with Crippen LogP contribution in [-0.4, -0.2) is 54.2 Å². The van der Waals surface area contributed by atoms with Crippen molar-refractivity contribution < 1.29 is 76.7 Å². The highest BCUT2D eigenvalue weighted by Gasteiger charge is 2.98. The molecule has 17 heteroatoms. The van der Waals surface area contributed by atoms with E-state index in [0.717, 1.165) is 0 Å². The molecule has 0 unspecified atom stereocenters. The quantitative estimate of drug-likeness (QED) is 0.677. The second kappa shape index (κ2) is 5.52. The summed E-state index contributed by atoms with van der Waals surface area (Å²) in [7, 11) is 0. The third kappa shape index (κ3) is 2.93. The summed E-state index contributed by atoms with van der Waals surface area (Å²) in [4.78, 5) is 0. The van der Waals surface area contributed by atoms with Crippen molar-refractivity contribution in [3.8, 4) is 0 Å². The van der Waals surface area contributed by atoms with Gasteiger partial charge in [0, 0.05) is 6.92 Å². The minimum atomic E-state index is -6.67. The van der Waals surface area contributed by atoms with E-state index in [1.54, 1.807) is 0 Å². The van der Waals surface area contributed by atoms with Crippen LogP contribution in [0.4, 0.5) is 52.7 Å². The summed E-state index contributed by atoms with van der Waals surface area (Å²) in [6.45, 7) is -0.353. The van der Waals surface area contributed by atoms with Crippen LogP contribution in [0.2, 0.25) is 0 Å². The Bertz CT molecular complexity index is 505. The topological polar surface area (TPSA) is 57.2 Å². The zero-order valence-corrected chi connectivity index (χ0v) is 12.3. The van der Waals surface area contributed by atoms with E-state index in [1.807, 2.05) is 0 Å². The van der Waals surface area contributed by atoms with Gasteiger partial charge in [-0.3, -0.25) is 18.9 Å². The highest BCUT2D eigenvalue weighted by Crippen LogP contribution is 2.71. The van der Waals surface area contributed by atoms with E-state index < -0.39 is 54.5 Å². The van der Waals surface area contributed by atoms with Gasteiger partial charge in [-0.1, -0.05) is 0 Å². The first-order valence-electron chi connectivity index (χ1n) is 6.33. The van der Waals surface area contributed by atoms with Crippen LogP contribution in [0.3, 0.4) is 0 Å². The van der Waals surface area contributed by atoms with E-state index >= 15 is 0 Å². The summed E-state index contributed by atoms with van der Waals surface area (Å²) < 4.78 is 174. The lowest BCUT2D eigenvalue weighted by Gasteiger charge is -2.56. The standard InChI is InChI=1S/C10H6F12O5/c1-4(11,12)2-24-7(15,16)6(8(17,18)25-2)9(19,20)26-3(5(13,14)23)27-10(6,21)22/h2-3,23H,1H3. The number of hydrogen-bond acceptors (Lipinski definition) is 5. The van der Waals surface area contributed by atoms with Gasteiger partial charge in [0.1, 0.15) is 0 Å². The van der Waals surface area contributed by atoms with Gasteiger partial charge in [0.05, 0.1) is 0 Å². The lowest BCUT2D eigenvalue weighted by atomic mass is 9.79. The molecule has 0 amide bonds. The van der Waals surface area contributed by atoms with Crippen LogP contribution in [0.25, 0.3) is 0 Å². The van der Waals surface area contributed by atoms with Crippen molar-refractivity contribution in [1.82, 2.24) is 0 Å². The van der Waals surface area contributed by atoms with Crippen LogP contribution in [0, 0.1) is 5.41 Å². The Labute approximate surface area is 139 Å². The SMILES string of the molecule is CC(F)(F)C1OC(F)(F)C2(C(F)(F)O1)C(F)(F)OC(C(O)(F)F)OC2(F)F. The predicted molar refractivity (Wildman–Crippen MR) is 51.9 cm³/mol. The summed E-state index contributed by atoms with van der Waals surface area (Å²) in [5.74, 6) is -4.74. The van der Waals surface area contributed by atoms with Gasteiger partial charge in [0.15, 0.2) is 0 Å². The predicted octanol–water partition coefficient (Wildman–Crippen LogP) is 3.33. The summed E-state index contributed by atoms with van der Waals surface area (Å²) >= 11 is 0. The minimum Gasteiger partial charge on any atom is -0.332 e. The van der Waals surface area contributed by atoms with E-state index in [9.17, 15) is 52.7 Å². The average molecular weight is 434 g/mol. The Balaban J connectivity index is 2.69. The first kappa shape index (κ1) is 22.3. The van der Waals surface area contributed by atoms with Crippen molar-refractivity contribution >= 4 is 0 Å². The molecule has 5 nitrogen and oxygen atoms in total. The van der Waals surface area contributed by atoms with Gasteiger partial charge in [-0.05, 0) is 0 Å². The molecule has 2 aliphatic heterocycles. The molecule has 2 rings (SSSR count). The maximum atomic E-state index is 14.0. The Morgan fingerprint density at radius 3 is 1.11 bits per heavy atom. The lowest BCUT2D eigenvalue weighted by molar-refractivity contribution is -0.657. The maximum absolute atomic E-state index is 14.0. The zero-order valence-electron chi connectivity index (χ0n) is 12.3. The molecule has 0 saturated carbocycles. The van der Waals surface area contributed by atoms with Crippen molar-refractivity contribution in [3.05, 3.63) is 0 Å². The van der Waals surface area contributed by atoms with E-state index in [-0.39, 0.29) is 6.92 Å². The monoisotopic (exact) mass is 434 g/mol. The van der Waals surface area contributed by atoms with Crippen LogP contribution >= 0.6 is 0 Å². The molecule has 1 N–H and O–H groups in total. The van der Waals surface area contributed by atoms with E-state index in [1.165, 1.54) is 0 Å². The molecule has 2 aliphatic rings. The van der Waals surface area contributed by atoms with Gasteiger partial charge in [0.25, 0.3) is 12.2 Å². The maximum Gasteiger partial charge on any atom is 0.404 e. The van der Waals surface area contributed by atoms with Gasteiger partial charge in [-0.15, -0.1) is 0 Å². The fourth-order valence-corrected chi connectivity index (χ4v) is 2.30. The second-order valence-corrected chi connectivity index (χ2v) is 5.50. The van der Waals surface area contributed by atoms with Gasteiger partial charge >= 0.3 is 36.0 Å². The first-order chi connectivity index (χ1) is 11.6. The second-order valence-electron chi connectivity index (χ2n) is 5.50. The summed E-state index contributed by atoms with van der Waals surface area (Å²) in [6.07, 6.45) is -40.6. The summed E-state index contributed by atoms with van der Waals surface area (Å²) in [5, 5.41) is 8.12. The van der Waals surface area contributed by atoms with E-state index in [0.29, 0.717) is 0 Å². The van der Waals surface area contributed by atoms with Crippen LogP contribution in [0.1, 0.15) is 6.92 Å². The van der Waals surface area contributed by atoms with Crippen LogP contribution < -0.4 is 0 Å². The fraction of sp³-hybridized carbons (Fsp3) is 1.00. The highest BCUT2D eigenvalue weighted by molar-refractivity contribution is 5.10. The molecule has 0 bridgehead atoms. The van der Waals surface area contributed by atoms with Gasteiger partial charge in [-0.2, -0.15) is 43.9 Å². The fourth-order valence-electron chi connectivity index (χ4n) is 2.30. The number of rotatable bonds is 2. The van der Waals surface area contributed by atoms with Crippen molar-refractivity contribution in [2.45, 2.75) is 56.0 Å². The third-order valence-corrected chi connectivity index (χ3v) is 3.46. The van der Waals surface area contributed by atoms with Crippen LogP contribution in [0.5, 0.6) is 0 Å². The number of halogens is 12. The van der Waals surface area contributed by atoms with Gasteiger partial charge in [-0.25, -0.2) is 8.78 Å². The van der Waals surface area contributed by atoms with Crippen molar-refractivity contribution in [1.29, 1.82) is 0 Å². The Morgan fingerprint density at radius 2 is 0.889 bits per heavy atom. The molecule has 27 heavy (non-hydrogen) atoms. The third-order valence-electron chi connectivity index (χ3n) is 3.46. The molecule has 0 atom stereocenters. The largest absolute Gasteiger partial charge is 0.404 e. The first-order valence-corrected chi connectivity index (χ1v) is 6.33. The zero-order chi connectivity index (χ0) is 21.5. The van der Waals surface area contributed by atoms with Crippen LogP contribution in [0.15, 0.2) is 0 Å². The molecule has 0 radical (unpaired) electrons. The molecule has 0 aliphatic carbocycles. The molecule has 2 fully saturated rings. The molecule has 1 spiro atoms. The Morgan fingerprint density at radius 1 is 0.630 bits per heavy atom. The van der Waals surface area contributed by atoms with Crippen molar-refractivity contribution in [3.63, 3.8) is 0 Å². The van der Waals surface area contributed by atoms with E-state index in [4.69, 9.17) is 5.11 Å². The molecular weight excluding hydrogens is 428 g/mol. The van der Waals surface area contributed by atoms with Crippen LogP contribution in [-0.2, 0) is 18.9 Å². The number of aliphatic hydroxyl groups is 1. The summed E-state index contributed by atoms with van der Waals surface area (Å²) in [6, 6.07) is 0. The molecule has 0 aromatic carbocycles. The summed E-state index contributed by atoms with van der Waals surface area (Å²) in [5.41, 5.74) is -6.66. The highest BCUT2D eigenvalue weighted by atomic mass is 19.3. The van der Waals surface area contributed by atoms with Crippen molar-refractivity contribution in [2.75, 3.05) is 0 Å². The molecule has 160 valence electrons. The molecule has 0 aromatic rings. The molecule has 0 aromatic heterocycles. The van der Waals surface area contributed by atoms with E-state index in [2.05, 4.69) is 18.9 Å². The van der Waals surface area contributed by atoms with Crippen molar-refractivity contribution in [2.24, 2.45) is 5.41 Å². The number of alkyl halides is 12. The Kier molecular flexibility index (Phi) is 4.55. The minimum absolute atomic E-state index is 0.353. The molecular formula is C10H6F12O5. The molecule has 2 heterocycles. The lowest BCUT2D eigenvalue weighted by Crippen LogP contribution is -2.81. The smallest absolute Gasteiger partial charge is 0.332 e. The van der Waals surface area contributed by atoms with Gasteiger partial charge < -0.3 is 5.11 Å².